The van der Waals surface area contributed by atoms with Gasteiger partial charge in [0, 0.05) is 18.5 Å². The van der Waals surface area contributed by atoms with Crippen LogP contribution in [0.3, 0.4) is 0 Å². The Hall–Kier alpha value is -0.370. The van der Waals surface area contributed by atoms with E-state index < -0.39 is 0 Å². The number of carbonyl (C=O) groups is 1. The third-order valence-corrected chi connectivity index (χ3v) is 4.69. The average molecular weight is 225 g/mol. The van der Waals surface area contributed by atoms with Gasteiger partial charge in [-0.05, 0) is 37.6 Å². The summed E-state index contributed by atoms with van der Waals surface area (Å²) in [4.78, 5) is 13.6. The minimum atomic E-state index is -0.141. The number of carbonyl (C=O) groups excluding carboxylic acids is 1. The van der Waals surface area contributed by atoms with Crippen LogP contribution in [0, 0.1) is 10.8 Å². The molecule has 2 nitrogen and oxygen atoms in total. The van der Waals surface area contributed by atoms with Crippen LogP contribution in [-0.4, -0.2) is 30.8 Å². The van der Waals surface area contributed by atoms with Crippen molar-refractivity contribution in [1.29, 1.82) is 0 Å². The normalized spacial score (nSPS) is 24.2. The Morgan fingerprint density at radius 3 is 2.31 bits per heavy atom. The van der Waals surface area contributed by atoms with E-state index >= 15 is 0 Å². The van der Waals surface area contributed by atoms with Gasteiger partial charge in [-0.2, -0.15) is 0 Å². The molecule has 0 aromatic rings. The number of likely N-dealkylation sites (tertiary alicyclic amines) is 1. The first kappa shape index (κ1) is 13.7. The highest BCUT2D eigenvalue weighted by Crippen LogP contribution is 2.38. The molecular formula is C14H27NO. The van der Waals surface area contributed by atoms with Gasteiger partial charge >= 0.3 is 0 Å². The maximum Gasteiger partial charge on any atom is 0.127 e. The van der Waals surface area contributed by atoms with Crippen molar-refractivity contribution < 1.29 is 4.79 Å². The van der Waals surface area contributed by atoms with Crippen LogP contribution in [0.5, 0.6) is 0 Å². The second-order valence-electron chi connectivity index (χ2n) is 5.79. The molecular weight excluding hydrogens is 198 g/mol. The molecule has 1 unspecified atom stereocenters. The molecule has 1 saturated heterocycles. The maximum atomic E-state index is 11.1. The Balaban J connectivity index is 2.57. The summed E-state index contributed by atoms with van der Waals surface area (Å²) in [6.07, 6.45) is 5.93. The van der Waals surface area contributed by atoms with Gasteiger partial charge in [-0.1, -0.05) is 27.7 Å². The Kier molecular flexibility index (Phi) is 4.54. The van der Waals surface area contributed by atoms with Crippen molar-refractivity contribution in [3.8, 4) is 0 Å². The lowest BCUT2D eigenvalue weighted by Gasteiger charge is -2.30. The molecule has 0 radical (unpaired) electrons. The molecule has 0 aromatic carbocycles. The summed E-state index contributed by atoms with van der Waals surface area (Å²) in [6.45, 7) is 12.1. The van der Waals surface area contributed by atoms with E-state index in [9.17, 15) is 4.79 Å². The predicted octanol–water partition coefficient (Wildman–Crippen LogP) is 3.11. The van der Waals surface area contributed by atoms with Gasteiger partial charge in [0.15, 0.2) is 0 Å². The highest BCUT2D eigenvalue weighted by Gasteiger charge is 2.37. The van der Waals surface area contributed by atoms with E-state index in [-0.39, 0.29) is 5.41 Å². The van der Waals surface area contributed by atoms with E-state index in [0.717, 1.165) is 19.3 Å². The quantitative estimate of drug-likeness (QED) is 0.647. The van der Waals surface area contributed by atoms with Crippen LogP contribution in [0.15, 0.2) is 0 Å². The Labute approximate surface area is 100 Å². The molecule has 0 bridgehead atoms. The fourth-order valence-electron chi connectivity index (χ4n) is 2.73. The summed E-state index contributed by atoms with van der Waals surface area (Å²) < 4.78 is 0. The van der Waals surface area contributed by atoms with Crippen LogP contribution in [-0.2, 0) is 4.79 Å². The summed E-state index contributed by atoms with van der Waals surface area (Å²) in [6, 6.07) is 0. The summed E-state index contributed by atoms with van der Waals surface area (Å²) in [5.41, 5.74) is 0.384. The summed E-state index contributed by atoms with van der Waals surface area (Å²) in [5.74, 6) is 0. The molecule has 0 aromatic heterocycles. The molecule has 1 aliphatic heterocycles. The second kappa shape index (κ2) is 5.31. The van der Waals surface area contributed by atoms with E-state index in [0.29, 0.717) is 5.41 Å². The number of hydrogen-bond acceptors (Lipinski definition) is 2. The van der Waals surface area contributed by atoms with E-state index in [2.05, 4.69) is 32.6 Å². The summed E-state index contributed by atoms with van der Waals surface area (Å²) in [7, 11) is 0. The number of hydrogen-bond donors (Lipinski definition) is 0. The zero-order chi connectivity index (χ0) is 12.2. The predicted molar refractivity (Wildman–Crippen MR) is 68.5 cm³/mol. The van der Waals surface area contributed by atoms with Crippen LogP contribution >= 0.6 is 0 Å². The zero-order valence-electron chi connectivity index (χ0n) is 11.4. The fourth-order valence-corrected chi connectivity index (χ4v) is 2.73. The zero-order valence-corrected chi connectivity index (χ0v) is 11.4. The Morgan fingerprint density at radius 2 is 1.94 bits per heavy atom. The molecule has 1 fully saturated rings. The minimum Gasteiger partial charge on any atom is -0.303 e. The van der Waals surface area contributed by atoms with Crippen molar-refractivity contribution in [3.63, 3.8) is 0 Å². The smallest absolute Gasteiger partial charge is 0.127 e. The van der Waals surface area contributed by atoms with Gasteiger partial charge in [-0.15, -0.1) is 0 Å². The molecule has 94 valence electrons. The number of aldehydes is 1. The van der Waals surface area contributed by atoms with Crippen LogP contribution < -0.4 is 0 Å². The molecule has 16 heavy (non-hydrogen) atoms. The molecule has 0 N–H and O–H groups in total. The Morgan fingerprint density at radius 1 is 1.31 bits per heavy atom. The molecule has 1 rings (SSSR count). The van der Waals surface area contributed by atoms with E-state index in [1.54, 1.807) is 0 Å². The van der Waals surface area contributed by atoms with Crippen molar-refractivity contribution >= 4 is 6.29 Å². The lowest BCUT2D eigenvalue weighted by molar-refractivity contribution is -0.116. The van der Waals surface area contributed by atoms with Crippen LogP contribution in [0.4, 0.5) is 0 Å². The molecule has 0 spiro atoms. The van der Waals surface area contributed by atoms with E-state index in [4.69, 9.17) is 0 Å². The molecule has 1 heterocycles. The largest absolute Gasteiger partial charge is 0.303 e. The van der Waals surface area contributed by atoms with Gasteiger partial charge in [0.1, 0.15) is 6.29 Å². The molecule has 0 saturated carbocycles. The monoisotopic (exact) mass is 225 g/mol. The van der Waals surface area contributed by atoms with Crippen molar-refractivity contribution in [2.75, 3.05) is 19.6 Å². The first-order valence-corrected chi connectivity index (χ1v) is 6.72. The SMILES string of the molecule is CCC(C)(C=O)CN1CCC(CC)(CC)C1. The van der Waals surface area contributed by atoms with Crippen molar-refractivity contribution in [3.05, 3.63) is 0 Å². The summed E-state index contributed by atoms with van der Waals surface area (Å²) >= 11 is 0. The minimum absolute atomic E-state index is 0.141. The number of nitrogens with zero attached hydrogens (tertiary/aromatic N) is 1. The Bertz CT molecular complexity index is 235. The molecule has 1 aliphatic rings. The van der Waals surface area contributed by atoms with E-state index in [1.807, 2.05) is 0 Å². The van der Waals surface area contributed by atoms with Gasteiger partial charge < -0.3 is 9.69 Å². The van der Waals surface area contributed by atoms with Gasteiger partial charge in [0.2, 0.25) is 0 Å². The lowest BCUT2D eigenvalue weighted by atomic mass is 9.81. The van der Waals surface area contributed by atoms with Gasteiger partial charge in [0.05, 0.1) is 0 Å². The van der Waals surface area contributed by atoms with Gasteiger partial charge in [-0.25, -0.2) is 0 Å². The average Bonchev–Trinajstić information content (AvgIpc) is 2.73. The fraction of sp³-hybridized carbons (Fsp3) is 0.929. The highest BCUT2D eigenvalue weighted by molar-refractivity contribution is 5.58. The lowest BCUT2D eigenvalue weighted by Crippen LogP contribution is -2.36. The first-order chi connectivity index (χ1) is 7.53. The van der Waals surface area contributed by atoms with Crippen molar-refractivity contribution in [1.82, 2.24) is 4.90 Å². The van der Waals surface area contributed by atoms with Crippen LogP contribution in [0.2, 0.25) is 0 Å². The van der Waals surface area contributed by atoms with Crippen LogP contribution in [0.1, 0.15) is 53.4 Å². The third-order valence-electron chi connectivity index (χ3n) is 4.69. The van der Waals surface area contributed by atoms with E-state index in [1.165, 1.54) is 32.4 Å². The van der Waals surface area contributed by atoms with Crippen molar-refractivity contribution in [2.45, 2.75) is 53.4 Å². The molecule has 2 heteroatoms. The topological polar surface area (TPSA) is 20.3 Å². The highest BCUT2D eigenvalue weighted by atomic mass is 16.1. The first-order valence-electron chi connectivity index (χ1n) is 6.72. The molecule has 0 aliphatic carbocycles. The van der Waals surface area contributed by atoms with Gasteiger partial charge in [0.25, 0.3) is 0 Å². The maximum absolute atomic E-state index is 11.1. The third kappa shape index (κ3) is 2.85. The molecule has 0 amide bonds. The second-order valence-corrected chi connectivity index (χ2v) is 5.79. The van der Waals surface area contributed by atoms with Crippen molar-refractivity contribution in [2.24, 2.45) is 10.8 Å². The summed E-state index contributed by atoms with van der Waals surface area (Å²) in [5, 5.41) is 0. The van der Waals surface area contributed by atoms with Gasteiger partial charge in [-0.3, -0.25) is 0 Å². The molecule has 1 atom stereocenters. The van der Waals surface area contributed by atoms with Crippen LogP contribution in [0.25, 0.3) is 0 Å². The number of rotatable bonds is 6. The standard InChI is InChI=1S/C14H27NO/c1-5-13(4,12-16)10-15-9-8-14(6-2,7-3)11-15/h12H,5-11H2,1-4H3.